The molecule has 1 aliphatic rings. The number of amides is 1. The van der Waals surface area contributed by atoms with E-state index in [1.165, 1.54) is 12.8 Å². The third-order valence-corrected chi connectivity index (χ3v) is 3.96. The fourth-order valence-corrected chi connectivity index (χ4v) is 2.35. The summed E-state index contributed by atoms with van der Waals surface area (Å²) in [6.45, 7) is 4.07. The Hall–Kier alpha value is -2.10. The first-order valence-electron chi connectivity index (χ1n) is 7.65. The van der Waals surface area contributed by atoms with Crippen molar-refractivity contribution in [3.05, 3.63) is 47.8 Å². The summed E-state index contributed by atoms with van der Waals surface area (Å²) < 4.78 is 1.92. The smallest absolute Gasteiger partial charge is 0.272 e. The van der Waals surface area contributed by atoms with E-state index in [2.05, 4.69) is 17.3 Å². The van der Waals surface area contributed by atoms with E-state index in [1.54, 1.807) is 0 Å². The van der Waals surface area contributed by atoms with Gasteiger partial charge in [-0.3, -0.25) is 4.79 Å². The van der Waals surface area contributed by atoms with Gasteiger partial charge in [0, 0.05) is 17.7 Å². The van der Waals surface area contributed by atoms with Crippen molar-refractivity contribution in [2.75, 3.05) is 0 Å². The monoisotopic (exact) mass is 283 g/mol. The Balaban J connectivity index is 1.92. The molecule has 1 atom stereocenters. The summed E-state index contributed by atoms with van der Waals surface area (Å²) in [5, 5.41) is 7.52. The van der Waals surface area contributed by atoms with Gasteiger partial charge in [0.25, 0.3) is 5.91 Å². The summed E-state index contributed by atoms with van der Waals surface area (Å²) >= 11 is 0. The average molecular weight is 283 g/mol. The molecule has 21 heavy (non-hydrogen) atoms. The molecule has 0 spiro atoms. The molecule has 0 aliphatic heterocycles. The Bertz CT molecular complexity index is 629. The Morgan fingerprint density at radius 1 is 1.38 bits per heavy atom. The number of carbonyl (C=O) groups excluding carboxylic acids is 1. The van der Waals surface area contributed by atoms with Crippen LogP contribution in [0.1, 0.15) is 55.2 Å². The zero-order chi connectivity index (χ0) is 14.8. The molecular weight excluding hydrogens is 262 g/mol. The molecule has 110 valence electrons. The highest BCUT2D eigenvalue weighted by molar-refractivity contribution is 5.92. The minimum Gasteiger partial charge on any atom is -0.348 e. The number of hydrogen-bond donors (Lipinski definition) is 1. The van der Waals surface area contributed by atoms with E-state index in [9.17, 15) is 4.79 Å². The predicted octanol–water partition coefficient (Wildman–Crippen LogP) is 3.28. The van der Waals surface area contributed by atoms with Gasteiger partial charge in [0.1, 0.15) is 0 Å². The number of nitrogens with one attached hydrogen (secondary N) is 1. The molecule has 1 N–H and O–H groups in total. The van der Waals surface area contributed by atoms with E-state index >= 15 is 0 Å². The van der Waals surface area contributed by atoms with Crippen LogP contribution in [0.25, 0.3) is 5.69 Å². The molecule has 1 unspecified atom stereocenters. The maximum absolute atomic E-state index is 12.3. The van der Waals surface area contributed by atoms with Gasteiger partial charge in [0.2, 0.25) is 0 Å². The van der Waals surface area contributed by atoms with Crippen molar-refractivity contribution in [3.8, 4) is 5.69 Å². The number of para-hydroxylation sites is 1. The van der Waals surface area contributed by atoms with Crippen molar-refractivity contribution >= 4 is 5.91 Å². The minimum absolute atomic E-state index is 0.0825. The molecule has 1 aromatic heterocycles. The van der Waals surface area contributed by atoms with Crippen molar-refractivity contribution in [1.29, 1.82) is 0 Å². The molecule has 4 nitrogen and oxygen atoms in total. The SMILES string of the molecule is CCC(C)NC(=O)c1cc(C2CC2)n(-c2ccccc2)n1. The molecule has 1 fully saturated rings. The van der Waals surface area contributed by atoms with Gasteiger partial charge in [-0.2, -0.15) is 5.10 Å². The lowest BCUT2D eigenvalue weighted by Crippen LogP contribution is -2.32. The first-order chi connectivity index (χ1) is 10.2. The molecule has 1 aromatic carbocycles. The van der Waals surface area contributed by atoms with Crippen molar-refractivity contribution < 1.29 is 4.79 Å². The lowest BCUT2D eigenvalue weighted by Gasteiger charge is -2.09. The van der Waals surface area contributed by atoms with E-state index in [0.717, 1.165) is 17.8 Å². The number of rotatable bonds is 5. The molecule has 1 saturated carbocycles. The molecule has 3 rings (SSSR count). The minimum atomic E-state index is -0.0825. The Labute approximate surface area is 125 Å². The van der Waals surface area contributed by atoms with Gasteiger partial charge >= 0.3 is 0 Å². The van der Waals surface area contributed by atoms with Crippen molar-refractivity contribution in [1.82, 2.24) is 15.1 Å². The van der Waals surface area contributed by atoms with Crippen LogP contribution in [-0.4, -0.2) is 21.7 Å². The van der Waals surface area contributed by atoms with Crippen molar-refractivity contribution in [3.63, 3.8) is 0 Å². The third kappa shape index (κ3) is 2.99. The van der Waals surface area contributed by atoms with Gasteiger partial charge in [-0.25, -0.2) is 4.68 Å². The molecule has 1 amide bonds. The van der Waals surface area contributed by atoms with Gasteiger partial charge in [-0.05, 0) is 44.4 Å². The number of benzene rings is 1. The lowest BCUT2D eigenvalue weighted by atomic mass is 10.2. The van der Waals surface area contributed by atoms with Crippen LogP contribution in [0.4, 0.5) is 0 Å². The predicted molar refractivity (Wildman–Crippen MR) is 82.8 cm³/mol. The molecule has 0 radical (unpaired) electrons. The van der Waals surface area contributed by atoms with Gasteiger partial charge < -0.3 is 5.32 Å². The maximum atomic E-state index is 12.3. The van der Waals surface area contributed by atoms with Crippen LogP contribution < -0.4 is 5.32 Å². The normalized spacial score (nSPS) is 15.7. The fourth-order valence-electron chi connectivity index (χ4n) is 2.35. The van der Waals surface area contributed by atoms with Crippen molar-refractivity contribution in [2.45, 2.75) is 45.1 Å². The molecule has 1 aliphatic carbocycles. The highest BCUT2D eigenvalue weighted by Crippen LogP contribution is 2.41. The molecule has 0 saturated heterocycles. The summed E-state index contributed by atoms with van der Waals surface area (Å²) in [6.07, 6.45) is 3.29. The second-order valence-electron chi connectivity index (χ2n) is 5.76. The molecule has 2 aromatic rings. The number of carbonyl (C=O) groups is 1. The molecule has 0 bridgehead atoms. The van der Waals surface area contributed by atoms with Crippen LogP contribution in [0.3, 0.4) is 0 Å². The van der Waals surface area contributed by atoms with Gasteiger partial charge in [0.15, 0.2) is 5.69 Å². The molecular formula is C17H21N3O. The van der Waals surface area contributed by atoms with Gasteiger partial charge in [-0.15, -0.1) is 0 Å². The zero-order valence-electron chi connectivity index (χ0n) is 12.5. The largest absolute Gasteiger partial charge is 0.348 e. The fraction of sp³-hybridized carbons (Fsp3) is 0.412. The first-order valence-corrected chi connectivity index (χ1v) is 7.65. The Morgan fingerprint density at radius 2 is 2.10 bits per heavy atom. The Kier molecular flexibility index (Phi) is 3.78. The third-order valence-electron chi connectivity index (χ3n) is 3.96. The van der Waals surface area contributed by atoms with Crippen LogP contribution in [0, 0.1) is 0 Å². The number of nitrogens with zero attached hydrogens (tertiary/aromatic N) is 2. The van der Waals surface area contributed by atoms with Gasteiger partial charge in [0.05, 0.1) is 5.69 Å². The molecule has 4 heteroatoms. The second-order valence-corrected chi connectivity index (χ2v) is 5.76. The van der Waals surface area contributed by atoms with Gasteiger partial charge in [-0.1, -0.05) is 25.1 Å². The number of aromatic nitrogens is 2. The summed E-state index contributed by atoms with van der Waals surface area (Å²) in [5.74, 6) is 0.462. The highest BCUT2D eigenvalue weighted by Gasteiger charge is 2.29. The van der Waals surface area contributed by atoms with Crippen molar-refractivity contribution in [2.24, 2.45) is 0 Å². The summed E-state index contributed by atoms with van der Waals surface area (Å²) in [6, 6.07) is 12.1. The zero-order valence-corrected chi connectivity index (χ0v) is 12.5. The topological polar surface area (TPSA) is 46.9 Å². The van der Waals surface area contributed by atoms with Crippen LogP contribution in [0.2, 0.25) is 0 Å². The van der Waals surface area contributed by atoms with E-state index in [-0.39, 0.29) is 11.9 Å². The summed E-state index contributed by atoms with van der Waals surface area (Å²) in [7, 11) is 0. The second kappa shape index (κ2) is 5.72. The lowest BCUT2D eigenvalue weighted by molar-refractivity contribution is 0.0934. The van der Waals surface area contributed by atoms with E-state index in [1.807, 2.05) is 48.0 Å². The van der Waals surface area contributed by atoms with E-state index in [0.29, 0.717) is 11.6 Å². The molecule has 1 heterocycles. The average Bonchev–Trinajstić information content (AvgIpc) is 3.26. The quantitative estimate of drug-likeness (QED) is 0.915. The number of hydrogen-bond acceptors (Lipinski definition) is 2. The highest BCUT2D eigenvalue weighted by atomic mass is 16.2. The maximum Gasteiger partial charge on any atom is 0.272 e. The standard InChI is InChI=1S/C17H21N3O/c1-3-12(2)18-17(21)15-11-16(13-9-10-13)20(19-15)14-7-5-4-6-8-14/h4-8,11-13H,3,9-10H2,1-2H3,(H,18,21). The van der Waals surface area contributed by atoms with Crippen LogP contribution in [0.5, 0.6) is 0 Å². The van der Waals surface area contributed by atoms with Crippen LogP contribution in [0.15, 0.2) is 36.4 Å². The summed E-state index contributed by atoms with van der Waals surface area (Å²) in [4.78, 5) is 12.3. The Morgan fingerprint density at radius 3 is 2.71 bits per heavy atom. The first kappa shape index (κ1) is 13.9. The summed E-state index contributed by atoms with van der Waals surface area (Å²) in [5.41, 5.74) is 2.68. The van der Waals surface area contributed by atoms with E-state index < -0.39 is 0 Å². The van der Waals surface area contributed by atoms with Crippen LogP contribution in [-0.2, 0) is 0 Å². The van der Waals surface area contributed by atoms with Crippen LogP contribution >= 0.6 is 0 Å². The van der Waals surface area contributed by atoms with E-state index in [4.69, 9.17) is 0 Å².